The quantitative estimate of drug-likeness (QED) is 0.868. The number of benzene rings is 1. The molecular weight excluding hydrogens is 328 g/mol. The number of carbonyl (C=O) groups excluding carboxylic acids is 1. The number of thiazole rings is 1. The Morgan fingerprint density at radius 1 is 1.42 bits per heavy atom. The van der Waals surface area contributed by atoms with Crippen molar-refractivity contribution in [2.45, 2.75) is 19.9 Å². The standard InChI is InChI=1S/C17H16N2O4S/c1-9-12(11-6-4-5-7-13(11)18-9)8-14-15(20)19(17(22)24-14)10(2)16(21)23-3/h4-8,10,20H,1-3H3/t10-/m0/s1. The third-order valence-electron chi connectivity index (χ3n) is 3.92. The summed E-state index contributed by atoms with van der Waals surface area (Å²) in [6.45, 7) is 3.38. The molecule has 1 N–H and O–H groups in total. The Morgan fingerprint density at radius 3 is 2.83 bits per heavy atom. The number of hydrogen-bond donors (Lipinski definition) is 1. The summed E-state index contributed by atoms with van der Waals surface area (Å²) >= 11 is 0.879. The molecule has 6 nitrogen and oxygen atoms in total. The first-order chi connectivity index (χ1) is 11.4. The van der Waals surface area contributed by atoms with E-state index in [-0.39, 0.29) is 5.88 Å². The van der Waals surface area contributed by atoms with E-state index >= 15 is 0 Å². The molecule has 124 valence electrons. The molecule has 1 aromatic heterocycles. The first kappa shape index (κ1) is 16.2. The molecule has 0 saturated carbocycles. The van der Waals surface area contributed by atoms with Crippen LogP contribution >= 0.6 is 11.3 Å². The van der Waals surface area contributed by atoms with Crippen LogP contribution in [0.2, 0.25) is 0 Å². The van der Waals surface area contributed by atoms with Gasteiger partial charge in [-0.25, -0.2) is 4.79 Å². The molecule has 0 radical (unpaired) electrons. The Balaban J connectivity index is 2.09. The van der Waals surface area contributed by atoms with E-state index in [1.807, 2.05) is 31.2 Å². The largest absolute Gasteiger partial charge is 0.493 e. The molecule has 1 aliphatic heterocycles. The average molecular weight is 344 g/mol. The molecule has 3 rings (SSSR count). The van der Waals surface area contributed by atoms with Gasteiger partial charge in [0.15, 0.2) is 0 Å². The number of fused-ring (bicyclic) bond motifs is 1. The zero-order chi connectivity index (χ0) is 17.4. The van der Waals surface area contributed by atoms with Gasteiger partial charge in [-0.2, -0.15) is 0 Å². The maximum Gasteiger partial charge on any atom is 0.328 e. The van der Waals surface area contributed by atoms with Gasteiger partial charge in [-0.1, -0.05) is 29.5 Å². The predicted octanol–water partition coefficient (Wildman–Crippen LogP) is 3.00. The highest BCUT2D eigenvalue weighted by molar-refractivity contribution is 7.10. The second-order valence-corrected chi connectivity index (χ2v) is 6.39. The van der Waals surface area contributed by atoms with E-state index in [1.54, 1.807) is 6.08 Å². The van der Waals surface area contributed by atoms with E-state index in [4.69, 9.17) is 0 Å². The second kappa shape index (κ2) is 6.09. The molecule has 0 spiro atoms. The average Bonchev–Trinajstić information content (AvgIpc) is 3.03. The van der Waals surface area contributed by atoms with Gasteiger partial charge in [0.25, 0.3) is 0 Å². The second-order valence-electron chi connectivity index (χ2n) is 5.40. The zero-order valence-electron chi connectivity index (χ0n) is 13.4. The van der Waals surface area contributed by atoms with Crippen molar-refractivity contribution in [3.05, 3.63) is 44.4 Å². The van der Waals surface area contributed by atoms with E-state index in [0.29, 0.717) is 4.88 Å². The first-order valence-electron chi connectivity index (χ1n) is 7.33. The number of rotatable bonds is 3. The Morgan fingerprint density at radius 2 is 2.12 bits per heavy atom. The number of allylic oxidation sites excluding steroid dienone is 1. The van der Waals surface area contributed by atoms with Gasteiger partial charge in [0.2, 0.25) is 5.88 Å². The summed E-state index contributed by atoms with van der Waals surface area (Å²) in [5.41, 5.74) is 3.46. The number of esters is 1. The Kier molecular flexibility index (Phi) is 4.11. The van der Waals surface area contributed by atoms with Crippen molar-refractivity contribution in [3.63, 3.8) is 0 Å². The predicted molar refractivity (Wildman–Crippen MR) is 94.1 cm³/mol. The molecule has 7 heteroatoms. The number of carbonyl (C=O) groups is 1. The van der Waals surface area contributed by atoms with Gasteiger partial charge in [0.05, 0.1) is 17.7 Å². The van der Waals surface area contributed by atoms with Crippen LogP contribution in [0, 0.1) is 0 Å². The number of para-hydroxylation sites is 1. The SMILES string of the molecule is COC(=O)[C@H](C)n1c(O)c(C=C2C(C)=Nc3ccccc32)sc1=O. The number of aromatic hydroxyl groups is 1. The third-order valence-corrected chi connectivity index (χ3v) is 4.81. The summed E-state index contributed by atoms with van der Waals surface area (Å²) in [7, 11) is 1.24. The van der Waals surface area contributed by atoms with E-state index in [2.05, 4.69) is 9.73 Å². The van der Waals surface area contributed by atoms with Gasteiger partial charge >= 0.3 is 10.8 Å². The van der Waals surface area contributed by atoms with E-state index in [0.717, 1.165) is 38.4 Å². The lowest BCUT2D eigenvalue weighted by Crippen LogP contribution is -2.24. The van der Waals surface area contributed by atoms with E-state index < -0.39 is 16.9 Å². The number of hydrogen-bond acceptors (Lipinski definition) is 6. The van der Waals surface area contributed by atoms with Gasteiger partial charge in [-0.05, 0) is 26.0 Å². The van der Waals surface area contributed by atoms with Gasteiger partial charge in [0.1, 0.15) is 6.04 Å². The van der Waals surface area contributed by atoms with Crippen molar-refractivity contribution in [2.75, 3.05) is 7.11 Å². The Labute approximate surface area is 142 Å². The van der Waals surface area contributed by atoms with Crippen molar-refractivity contribution in [2.24, 2.45) is 4.99 Å². The van der Waals surface area contributed by atoms with Crippen LogP contribution < -0.4 is 4.87 Å². The van der Waals surface area contributed by atoms with Crippen LogP contribution in [0.15, 0.2) is 34.1 Å². The maximum absolute atomic E-state index is 12.2. The number of nitrogens with zero attached hydrogens (tertiary/aromatic N) is 2. The van der Waals surface area contributed by atoms with Gasteiger partial charge < -0.3 is 9.84 Å². The minimum Gasteiger partial charge on any atom is -0.493 e. The molecule has 24 heavy (non-hydrogen) atoms. The lowest BCUT2D eigenvalue weighted by molar-refractivity contribution is -0.144. The van der Waals surface area contributed by atoms with Crippen LogP contribution in [0.1, 0.15) is 30.3 Å². The summed E-state index contributed by atoms with van der Waals surface area (Å²) < 4.78 is 5.68. The summed E-state index contributed by atoms with van der Waals surface area (Å²) in [4.78, 5) is 28.3. The molecule has 0 bridgehead atoms. The molecule has 1 atom stereocenters. The highest BCUT2D eigenvalue weighted by atomic mass is 32.1. The molecule has 0 saturated heterocycles. The topological polar surface area (TPSA) is 80.9 Å². The molecule has 1 aromatic carbocycles. The fraction of sp³-hybridized carbons (Fsp3) is 0.235. The summed E-state index contributed by atoms with van der Waals surface area (Å²) in [6.07, 6.45) is 1.73. The summed E-state index contributed by atoms with van der Waals surface area (Å²) in [5, 5.41) is 10.4. The lowest BCUT2D eigenvalue weighted by Gasteiger charge is -2.10. The zero-order valence-corrected chi connectivity index (χ0v) is 14.3. The van der Waals surface area contributed by atoms with Gasteiger partial charge in [-0.3, -0.25) is 14.4 Å². The Bertz CT molecular complexity index is 936. The van der Waals surface area contributed by atoms with Crippen LogP contribution in [0.3, 0.4) is 0 Å². The van der Waals surface area contributed by atoms with Crippen molar-refractivity contribution < 1.29 is 14.6 Å². The number of ether oxygens (including phenoxy) is 1. The van der Waals surface area contributed by atoms with Crippen molar-refractivity contribution in [3.8, 4) is 5.88 Å². The fourth-order valence-electron chi connectivity index (χ4n) is 2.65. The van der Waals surface area contributed by atoms with Crippen molar-refractivity contribution >= 4 is 40.4 Å². The summed E-state index contributed by atoms with van der Waals surface area (Å²) in [6, 6.07) is 6.77. The normalized spacial score (nSPS) is 16.0. The van der Waals surface area contributed by atoms with Gasteiger partial charge in [0, 0.05) is 16.8 Å². The molecule has 0 amide bonds. The van der Waals surface area contributed by atoms with Crippen LogP contribution in [0.5, 0.6) is 5.88 Å². The molecular formula is C17H16N2O4S. The highest BCUT2D eigenvalue weighted by Crippen LogP contribution is 2.37. The smallest absolute Gasteiger partial charge is 0.328 e. The van der Waals surface area contributed by atoms with Crippen molar-refractivity contribution in [1.82, 2.24) is 4.57 Å². The number of aliphatic imine (C=N–C) groups is 1. The molecule has 1 aliphatic rings. The van der Waals surface area contributed by atoms with Crippen molar-refractivity contribution in [1.29, 1.82) is 0 Å². The molecule has 0 unspecified atom stereocenters. The van der Waals surface area contributed by atoms with Crippen LogP contribution in [-0.2, 0) is 9.53 Å². The minimum absolute atomic E-state index is 0.243. The maximum atomic E-state index is 12.2. The molecule has 0 aliphatic carbocycles. The Hall–Kier alpha value is -2.67. The first-order valence-corrected chi connectivity index (χ1v) is 8.14. The van der Waals surface area contributed by atoms with Gasteiger partial charge in [-0.15, -0.1) is 0 Å². The fourth-order valence-corrected chi connectivity index (χ4v) is 3.55. The van der Waals surface area contributed by atoms with E-state index in [1.165, 1.54) is 14.0 Å². The van der Waals surface area contributed by atoms with Crippen LogP contribution in [-0.4, -0.2) is 28.5 Å². The minimum atomic E-state index is -0.892. The van der Waals surface area contributed by atoms with Crippen LogP contribution in [0.25, 0.3) is 11.6 Å². The molecule has 2 aromatic rings. The third kappa shape index (κ3) is 2.56. The number of methoxy groups -OCH3 is 1. The van der Waals surface area contributed by atoms with Crippen LogP contribution in [0.4, 0.5) is 5.69 Å². The lowest BCUT2D eigenvalue weighted by atomic mass is 10.0. The monoisotopic (exact) mass is 344 g/mol. The van der Waals surface area contributed by atoms with E-state index in [9.17, 15) is 14.7 Å². The summed E-state index contributed by atoms with van der Waals surface area (Å²) in [5.74, 6) is -0.832. The number of aromatic nitrogens is 1. The molecule has 0 fully saturated rings. The molecule has 2 heterocycles. The highest BCUT2D eigenvalue weighted by Gasteiger charge is 2.25.